The van der Waals surface area contributed by atoms with Crippen LogP contribution in [0.5, 0.6) is 0 Å². The summed E-state index contributed by atoms with van der Waals surface area (Å²) >= 11 is 0. The van der Waals surface area contributed by atoms with Crippen LogP contribution < -0.4 is 0 Å². The van der Waals surface area contributed by atoms with Gasteiger partial charge in [-0.15, -0.1) is 0 Å². The second kappa shape index (κ2) is 11.7. The summed E-state index contributed by atoms with van der Waals surface area (Å²) < 4.78 is 1.38. The smallest absolute Gasteiger partial charge is 0.450 e. The molecule has 0 aromatic rings. The van der Waals surface area contributed by atoms with E-state index < -0.39 is 6.16 Å². The molecule has 17 heavy (non-hydrogen) atoms. The van der Waals surface area contributed by atoms with Crippen molar-refractivity contribution in [1.29, 1.82) is 0 Å². The molecule has 4 heteroatoms. The Morgan fingerprint density at radius 1 is 0.765 bits per heavy atom. The van der Waals surface area contributed by atoms with Crippen molar-refractivity contribution in [1.82, 2.24) is 0 Å². The summed E-state index contributed by atoms with van der Waals surface area (Å²) in [6, 6.07) is 0. The molecule has 0 aromatic heterocycles. The lowest BCUT2D eigenvalue weighted by Gasteiger charge is -2.38. The van der Waals surface area contributed by atoms with Crippen LogP contribution in [0.3, 0.4) is 0 Å². The zero-order valence-electron chi connectivity index (χ0n) is 11.9. The zero-order valence-corrected chi connectivity index (χ0v) is 11.9. The quantitative estimate of drug-likeness (QED) is 0.644. The Hall–Kier alpha value is -0.770. The van der Waals surface area contributed by atoms with Gasteiger partial charge < -0.3 is 14.7 Å². The first-order chi connectivity index (χ1) is 7.97. The van der Waals surface area contributed by atoms with Crippen LogP contribution in [0.25, 0.3) is 0 Å². The minimum Gasteiger partial charge on any atom is -0.450 e. The van der Waals surface area contributed by atoms with Gasteiger partial charge in [-0.05, 0) is 25.7 Å². The number of hydrogen-bond acceptors (Lipinski definition) is 1. The van der Waals surface area contributed by atoms with Gasteiger partial charge in [-0.2, -0.15) is 0 Å². The highest BCUT2D eigenvalue weighted by molar-refractivity contribution is 5.53. The van der Waals surface area contributed by atoms with E-state index in [1.807, 2.05) is 0 Å². The number of quaternary nitrogens is 1. The molecule has 0 bridgehead atoms. The fourth-order valence-electron chi connectivity index (χ4n) is 2.57. The van der Waals surface area contributed by atoms with Crippen LogP contribution in [0.1, 0.15) is 53.4 Å². The predicted octanol–water partition coefficient (Wildman–Crippen LogP) is 3.67. The summed E-state index contributed by atoms with van der Waals surface area (Å²) in [5.74, 6) is 0. The lowest BCUT2D eigenvalue weighted by molar-refractivity contribution is -0.928. The van der Waals surface area contributed by atoms with Gasteiger partial charge in [-0.1, -0.05) is 27.7 Å². The molecule has 0 amide bonds. The number of carbonyl (C=O) groups is 1. The van der Waals surface area contributed by atoms with E-state index in [-0.39, 0.29) is 0 Å². The van der Waals surface area contributed by atoms with Crippen molar-refractivity contribution in [2.45, 2.75) is 53.4 Å². The normalized spacial score (nSPS) is 10.6. The third-order valence-corrected chi connectivity index (χ3v) is 2.79. The molecule has 0 heterocycles. The largest absolute Gasteiger partial charge is 0.503 e. The van der Waals surface area contributed by atoms with Crippen LogP contribution in [0.2, 0.25) is 0 Å². The lowest BCUT2D eigenvalue weighted by atomic mass is 10.2. The van der Waals surface area contributed by atoms with Crippen molar-refractivity contribution in [3.63, 3.8) is 0 Å². The molecule has 0 fully saturated rings. The van der Waals surface area contributed by atoms with Gasteiger partial charge in [-0.25, -0.2) is 4.79 Å². The second-order valence-electron chi connectivity index (χ2n) is 4.52. The van der Waals surface area contributed by atoms with Gasteiger partial charge in [-0.3, -0.25) is 0 Å². The summed E-state index contributed by atoms with van der Waals surface area (Å²) in [5.41, 5.74) is 0. The van der Waals surface area contributed by atoms with Gasteiger partial charge in [0.1, 0.15) is 0 Å². The van der Waals surface area contributed by atoms with Crippen LogP contribution in [-0.2, 0) is 0 Å². The Morgan fingerprint density at radius 3 is 1.06 bits per heavy atom. The molecule has 0 atom stereocenters. The summed E-state index contributed by atoms with van der Waals surface area (Å²) in [7, 11) is 0. The molecule has 4 nitrogen and oxygen atoms in total. The molecule has 0 aliphatic rings. The highest BCUT2D eigenvalue weighted by Gasteiger charge is 2.22. The summed E-state index contributed by atoms with van der Waals surface area (Å²) in [6.45, 7) is 14.8. The van der Waals surface area contributed by atoms with E-state index >= 15 is 0 Å². The average Bonchev–Trinajstić information content (AvgIpc) is 2.18. The predicted molar refractivity (Wildman–Crippen MR) is 71.5 cm³/mol. The minimum atomic E-state index is -1.83. The fourth-order valence-corrected chi connectivity index (χ4v) is 2.57. The Balaban J connectivity index is 0. The number of rotatable bonds is 8. The van der Waals surface area contributed by atoms with Crippen molar-refractivity contribution in [2.75, 3.05) is 26.2 Å². The van der Waals surface area contributed by atoms with E-state index in [9.17, 15) is 0 Å². The summed E-state index contributed by atoms with van der Waals surface area (Å²) in [4.78, 5) is 8.56. The molecule has 0 aromatic carbocycles. The van der Waals surface area contributed by atoms with E-state index in [1.165, 1.54) is 56.3 Å². The van der Waals surface area contributed by atoms with Crippen molar-refractivity contribution in [3.8, 4) is 0 Å². The number of nitrogens with zero attached hydrogens (tertiary/aromatic N) is 1. The average molecular weight is 248 g/mol. The molecule has 0 saturated carbocycles. The van der Waals surface area contributed by atoms with E-state index in [4.69, 9.17) is 15.0 Å². The minimum absolute atomic E-state index is 1.33. The maximum atomic E-state index is 8.56. The number of carboxylic acid groups (broad SMARTS) is 2. The zero-order chi connectivity index (χ0) is 13.7. The highest BCUT2D eigenvalue weighted by atomic mass is 16.6. The van der Waals surface area contributed by atoms with Crippen LogP contribution in [-0.4, -0.2) is 47.0 Å². The van der Waals surface area contributed by atoms with E-state index in [1.54, 1.807) is 0 Å². The Bertz CT molecular complexity index is 150. The molecule has 104 valence electrons. The van der Waals surface area contributed by atoms with E-state index in [0.717, 1.165) is 0 Å². The van der Waals surface area contributed by atoms with Gasteiger partial charge in [0.25, 0.3) is 0 Å². The van der Waals surface area contributed by atoms with Crippen molar-refractivity contribution >= 4 is 6.16 Å². The van der Waals surface area contributed by atoms with Gasteiger partial charge >= 0.3 is 6.16 Å². The first-order valence-corrected chi connectivity index (χ1v) is 6.74. The summed E-state index contributed by atoms with van der Waals surface area (Å²) in [5, 5.41) is 13.9. The molecule has 0 unspecified atom stereocenters. The fraction of sp³-hybridized carbons (Fsp3) is 0.923. The topological polar surface area (TPSA) is 57.5 Å². The van der Waals surface area contributed by atoms with Gasteiger partial charge in [0.05, 0.1) is 26.2 Å². The third-order valence-electron chi connectivity index (χ3n) is 2.79. The second-order valence-corrected chi connectivity index (χ2v) is 4.52. The van der Waals surface area contributed by atoms with Crippen LogP contribution in [0.15, 0.2) is 0 Å². The maximum Gasteiger partial charge on any atom is 0.503 e. The summed E-state index contributed by atoms with van der Waals surface area (Å²) in [6.07, 6.45) is 3.50. The van der Waals surface area contributed by atoms with Gasteiger partial charge in [0.15, 0.2) is 0 Å². The monoisotopic (exact) mass is 248 g/mol. The van der Waals surface area contributed by atoms with Crippen molar-refractivity contribution in [2.24, 2.45) is 0 Å². The first kappa shape index (κ1) is 18.6. The molecule has 0 radical (unpaired) electrons. The molecule has 0 aliphatic heterocycles. The number of hydrogen-bond donors (Lipinski definition) is 2. The van der Waals surface area contributed by atoms with Crippen LogP contribution in [0.4, 0.5) is 4.79 Å². The maximum absolute atomic E-state index is 8.56. The molecule has 0 rings (SSSR count). The van der Waals surface area contributed by atoms with E-state index in [0.29, 0.717) is 0 Å². The highest BCUT2D eigenvalue weighted by Crippen LogP contribution is 2.12. The Kier molecular flexibility index (Phi) is 12.8. The van der Waals surface area contributed by atoms with Gasteiger partial charge in [0, 0.05) is 0 Å². The SMILES string of the molecule is CCC[N+](CCC)(CCC)CCC.O=C(O)O. The Morgan fingerprint density at radius 2 is 0.941 bits per heavy atom. The van der Waals surface area contributed by atoms with Crippen LogP contribution in [0, 0.1) is 0 Å². The van der Waals surface area contributed by atoms with Crippen molar-refractivity contribution < 1.29 is 19.5 Å². The molecular weight excluding hydrogens is 218 g/mol. The van der Waals surface area contributed by atoms with Crippen molar-refractivity contribution in [3.05, 3.63) is 0 Å². The molecule has 0 spiro atoms. The molecule has 2 N–H and O–H groups in total. The molecule has 0 aliphatic carbocycles. The van der Waals surface area contributed by atoms with Gasteiger partial charge in [0.2, 0.25) is 0 Å². The van der Waals surface area contributed by atoms with Crippen LogP contribution >= 0.6 is 0 Å². The lowest BCUT2D eigenvalue weighted by Crippen LogP contribution is -2.50. The molecular formula is C13H30NO3+. The standard InChI is InChI=1S/C12H28N.CH2O3/c1-5-9-13(10-6-2,11-7-3)12-8-4;2-1(3)4/h5-12H2,1-4H3;(H2,2,3,4)/q+1;. The third kappa shape index (κ3) is 11.5. The van der Waals surface area contributed by atoms with E-state index in [2.05, 4.69) is 27.7 Å². The first-order valence-electron chi connectivity index (χ1n) is 6.74. The Labute approximate surface area is 106 Å². The molecule has 0 saturated heterocycles.